The Balaban J connectivity index is 2.10. The fraction of sp³-hybridized carbons (Fsp3) is 0.444. The molecule has 0 saturated heterocycles. The number of fused-ring (bicyclic) bond motifs is 1. The first kappa shape index (κ1) is 17.8. The quantitative estimate of drug-likeness (QED) is 0.729. The van der Waals surface area contributed by atoms with Crippen molar-refractivity contribution in [2.45, 2.75) is 32.7 Å². The van der Waals surface area contributed by atoms with E-state index < -0.39 is 12.1 Å². The van der Waals surface area contributed by atoms with Gasteiger partial charge in [-0.05, 0) is 24.0 Å². The van der Waals surface area contributed by atoms with Crippen LogP contribution in [0.1, 0.15) is 25.8 Å². The number of methoxy groups -OCH3 is 1. The van der Waals surface area contributed by atoms with Crippen LogP contribution in [0.2, 0.25) is 0 Å². The topological polar surface area (TPSA) is 83.2 Å². The van der Waals surface area contributed by atoms with Crippen LogP contribution in [0.5, 0.6) is 0 Å². The van der Waals surface area contributed by atoms with E-state index in [4.69, 9.17) is 0 Å². The number of aromatic nitrogens is 1. The van der Waals surface area contributed by atoms with E-state index in [0.29, 0.717) is 18.9 Å². The minimum absolute atomic E-state index is 0.202. The van der Waals surface area contributed by atoms with E-state index in [2.05, 4.69) is 34.2 Å². The number of amides is 2. The SMILES string of the molecule is COC(=O)N[C@@H](Cc1c[nH]c2ccccc12)C(=O)NCCC(C)C. The predicted octanol–water partition coefficient (Wildman–Crippen LogP) is 2.60. The maximum atomic E-state index is 12.4. The van der Waals surface area contributed by atoms with E-state index in [1.54, 1.807) is 0 Å². The van der Waals surface area contributed by atoms with Gasteiger partial charge < -0.3 is 20.4 Å². The molecule has 0 unspecified atom stereocenters. The number of rotatable bonds is 7. The summed E-state index contributed by atoms with van der Waals surface area (Å²) in [6, 6.07) is 7.19. The normalized spacial score (nSPS) is 12.2. The van der Waals surface area contributed by atoms with Gasteiger partial charge in [0.1, 0.15) is 6.04 Å². The maximum Gasteiger partial charge on any atom is 0.407 e. The Morgan fingerprint density at radius 1 is 1.25 bits per heavy atom. The standard InChI is InChI=1S/C18H25N3O3/c1-12(2)8-9-19-17(22)16(21-18(23)24-3)10-13-11-20-15-7-5-4-6-14(13)15/h4-7,11-12,16,20H,8-10H2,1-3H3,(H,19,22)(H,21,23)/t16-/m0/s1. The third-order valence-electron chi connectivity index (χ3n) is 3.91. The van der Waals surface area contributed by atoms with Crippen LogP contribution in [0, 0.1) is 5.92 Å². The monoisotopic (exact) mass is 331 g/mol. The number of para-hydroxylation sites is 1. The minimum atomic E-state index is -0.677. The molecule has 2 rings (SSSR count). The van der Waals surface area contributed by atoms with E-state index in [1.165, 1.54) is 7.11 Å². The molecule has 1 atom stereocenters. The average Bonchev–Trinajstić information content (AvgIpc) is 2.96. The second-order valence-electron chi connectivity index (χ2n) is 6.23. The third kappa shape index (κ3) is 4.75. The molecule has 1 aromatic heterocycles. The highest BCUT2D eigenvalue weighted by molar-refractivity contribution is 5.88. The number of carbonyl (C=O) groups excluding carboxylic acids is 2. The van der Waals surface area contributed by atoms with Crippen molar-refractivity contribution >= 4 is 22.9 Å². The molecule has 3 N–H and O–H groups in total. The second kappa shape index (κ2) is 8.38. The lowest BCUT2D eigenvalue weighted by Crippen LogP contribution is -2.48. The summed E-state index contributed by atoms with van der Waals surface area (Å²) in [4.78, 5) is 27.2. The van der Waals surface area contributed by atoms with Gasteiger partial charge in [0.2, 0.25) is 5.91 Å². The number of hydrogen-bond acceptors (Lipinski definition) is 3. The Hall–Kier alpha value is -2.50. The number of alkyl carbamates (subject to hydrolysis) is 1. The molecule has 24 heavy (non-hydrogen) atoms. The van der Waals surface area contributed by atoms with Crippen molar-refractivity contribution in [1.29, 1.82) is 0 Å². The fourth-order valence-corrected chi connectivity index (χ4v) is 2.54. The summed E-state index contributed by atoms with van der Waals surface area (Å²) in [5.74, 6) is 0.303. The lowest BCUT2D eigenvalue weighted by Gasteiger charge is -2.18. The number of carbonyl (C=O) groups is 2. The molecule has 6 nitrogen and oxygen atoms in total. The van der Waals surface area contributed by atoms with Crippen molar-refractivity contribution < 1.29 is 14.3 Å². The Morgan fingerprint density at radius 2 is 2.00 bits per heavy atom. The molecular formula is C18H25N3O3. The summed E-state index contributed by atoms with van der Waals surface area (Å²) in [7, 11) is 1.29. The second-order valence-corrected chi connectivity index (χ2v) is 6.23. The molecule has 2 amide bonds. The van der Waals surface area contributed by atoms with Gasteiger partial charge in [-0.15, -0.1) is 0 Å². The molecule has 0 aliphatic heterocycles. The highest BCUT2D eigenvalue weighted by atomic mass is 16.5. The molecule has 0 aliphatic rings. The zero-order chi connectivity index (χ0) is 17.5. The lowest BCUT2D eigenvalue weighted by molar-refractivity contribution is -0.123. The van der Waals surface area contributed by atoms with E-state index in [9.17, 15) is 9.59 Å². The van der Waals surface area contributed by atoms with Crippen LogP contribution in [0.15, 0.2) is 30.5 Å². The van der Waals surface area contributed by atoms with Crippen LogP contribution in [-0.2, 0) is 16.0 Å². The number of hydrogen-bond donors (Lipinski definition) is 3. The zero-order valence-corrected chi connectivity index (χ0v) is 14.4. The van der Waals surface area contributed by atoms with Gasteiger partial charge in [0.05, 0.1) is 7.11 Å². The van der Waals surface area contributed by atoms with Gasteiger partial charge in [0.25, 0.3) is 0 Å². The number of aromatic amines is 1. The molecule has 0 aliphatic carbocycles. The van der Waals surface area contributed by atoms with E-state index in [0.717, 1.165) is 22.9 Å². The van der Waals surface area contributed by atoms with E-state index in [-0.39, 0.29) is 5.91 Å². The fourth-order valence-electron chi connectivity index (χ4n) is 2.54. The van der Waals surface area contributed by atoms with Gasteiger partial charge >= 0.3 is 6.09 Å². The number of H-pyrrole nitrogens is 1. The average molecular weight is 331 g/mol. The molecule has 0 saturated carbocycles. The first-order valence-corrected chi connectivity index (χ1v) is 8.18. The van der Waals surface area contributed by atoms with Crippen LogP contribution in [0.3, 0.4) is 0 Å². The van der Waals surface area contributed by atoms with Crippen LogP contribution in [0.4, 0.5) is 4.79 Å². The molecule has 0 spiro atoms. The molecule has 6 heteroatoms. The van der Waals surface area contributed by atoms with E-state index in [1.807, 2.05) is 30.5 Å². The third-order valence-corrected chi connectivity index (χ3v) is 3.91. The summed E-state index contributed by atoms with van der Waals surface area (Å²) in [6.07, 6.45) is 2.55. The van der Waals surface area contributed by atoms with Gasteiger partial charge in [-0.1, -0.05) is 32.0 Å². The van der Waals surface area contributed by atoms with Gasteiger partial charge in [0, 0.05) is 30.1 Å². The molecule has 1 aromatic carbocycles. The first-order valence-electron chi connectivity index (χ1n) is 8.18. The number of benzene rings is 1. The molecule has 2 aromatic rings. The van der Waals surface area contributed by atoms with Crippen molar-refractivity contribution in [3.63, 3.8) is 0 Å². The number of ether oxygens (including phenoxy) is 1. The van der Waals surface area contributed by atoms with Crippen LogP contribution in [-0.4, -0.2) is 36.7 Å². The predicted molar refractivity (Wildman–Crippen MR) is 93.8 cm³/mol. The molecule has 130 valence electrons. The minimum Gasteiger partial charge on any atom is -0.453 e. The van der Waals surface area contributed by atoms with Crippen molar-refractivity contribution in [2.75, 3.05) is 13.7 Å². The molecule has 0 bridgehead atoms. The zero-order valence-electron chi connectivity index (χ0n) is 14.4. The number of nitrogens with one attached hydrogen (secondary N) is 3. The van der Waals surface area contributed by atoms with Crippen molar-refractivity contribution in [3.05, 3.63) is 36.0 Å². The molecule has 0 fully saturated rings. The summed E-state index contributed by atoms with van der Waals surface area (Å²) in [5.41, 5.74) is 1.98. The van der Waals surface area contributed by atoms with Crippen LogP contribution >= 0.6 is 0 Å². The molecule has 0 radical (unpaired) electrons. The Morgan fingerprint density at radius 3 is 2.71 bits per heavy atom. The van der Waals surface area contributed by atoms with Crippen LogP contribution < -0.4 is 10.6 Å². The maximum absolute atomic E-state index is 12.4. The molecular weight excluding hydrogens is 306 g/mol. The summed E-state index contributed by atoms with van der Waals surface area (Å²) < 4.78 is 4.64. The van der Waals surface area contributed by atoms with Gasteiger partial charge in [-0.25, -0.2) is 4.79 Å². The Bertz CT molecular complexity index is 694. The smallest absolute Gasteiger partial charge is 0.407 e. The van der Waals surface area contributed by atoms with E-state index >= 15 is 0 Å². The highest BCUT2D eigenvalue weighted by Crippen LogP contribution is 2.19. The Labute approximate surface area is 142 Å². The summed E-state index contributed by atoms with van der Waals surface area (Å²) >= 11 is 0. The van der Waals surface area contributed by atoms with Crippen molar-refractivity contribution in [3.8, 4) is 0 Å². The summed E-state index contributed by atoms with van der Waals surface area (Å²) in [5, 5.41) is 6.55. The lowest BCUT2D eigenvalue weighted by atomic mass is 10.0. The highest BCUT2D eigenvalue weighted by Gasteiger charge is 2.22. The first-order chi connectivity index (χ1) is 11.5. The van der Waals surface area contributed by atoms with Gasteiger partial charge in [-0.3, -0.25) is 4.79 Å². The summed E-state index contributed by atoms with van der Waals surface area (Å²) in [6.45, 7) is 4.79. The Kier molecular flexibility index (Phi) is 6.23. The van der Waals surface area contributed by atoms with Crippen molar-refractivity contribution in [1.82, 2.24) is 15.6 Å². The molecule has 1 heterocycles. The largest absolute Gasteiger partial charge is 0.453 e. The van der Waals surface area contributed by atoms with Crippen LogP contribution in [0.25, 0.3) is 10.9 Å². The van der Waals surface area contributed by atoms with Gasteiger partial charge in [-0.2, -0.15) is 0 Å². The van der Waals surface area contributed by atoms with Crippen molar-refractivity contribution in [2.24, 2.45) is 5.92 Å². The van der Waals surface area contributed by atoms with Gasteiger partial charge in [0.15, 0.2) is 0 Å².